The van der Waals surface area contributed by atoms with Crippen LogP contribution >= 0.6 is 0 Å². The maximum absolute atomic E-state index is 12.7. The predicted octanol–water partition coefficient (Wildman–Crippen LogP) is 1.94. The highest BCUT2D eigenvalue weighted by molar-refractivity contribution is 5.96. The number of aliphatic carboxylic acids is 1. The molecule has 2 bridgehead atoms. The molecule has 2 aliphatic carbocycles. The first-order chi connectivity index (χ1) is 10.5. The van der Waals surface area contributed by atoms with E-state index in [-0.39, 0.29) is 23.7 Å². The molecule has 4 heteroatoms. The Morgan fingerprint density at radius 2 is 1.77 bits per heavy atom. The van der Waals surface area contributed by atoms with Crippen molar-refractivity contribution < 1.29 is 14.7 Å². The van der Waals surface area contributed by atoms with E-state index in [0.29, 0.717) is 0 Å². The number of carbonyl (C=O) groups is 2. The van der Waals surface area contributed by atoms with Crippen LogP contribution in [-0.4, -0.2) is 11.9 Å². The summed E-state index contributed by atoms with van der Waals surface area (Å²) in [7, 11) is 0. The normalized spacial score (nSPS) is 29.0. The summed E-state index contributed by atoms with van der Waals surface area (Å²) >= 11 is 0. The Bertz CT molecular complexity index is 635. The van der Waals surface area contributed by atoms with Crippen molar-refractivity contribution in [2.45, 2.75) is 26.2 Å². The van der Waals surface area contributed by atoms with E-state index in [1.807, 2.05) is 36.4 Å². The van der Waals surface area contributed by atoms with Gasteiger partial charge in [0, 0.05) is 17.6 Å². The van der Waals surface area contributed by atoms with Crippen LogP contribution in [0.2, 0.25) is 0 Å². The van der Waals surface area contributed by atoms with Crippen LogP contribution in [0.5, 0.6) is 0 Å². The van der Waals surface area contributed by atoms with Gasteiger partial charge >= 0.3 is 0 Å². The minimum Gasteiger partial charge on any atom is -0.550 e. The molecule has 2 aliphatic rings. The van der Waals surface area contributed by atoms with Gasteiger partial charge in [-0.05, 0) is 35.8 Å². The number of hydrogen-bond donors (Lipinski definition) is 1. The Morgan fingerprint density at radius 3 is 2.41 bits per heavy atom. The number of carbonyl (C=O) groups excluding carboxylic acids is 2. The number of amides is 1. The minimum absolute atomic E-state index is 0.0131. The van der Waals surface area contributed by atoms with Gasteiger partial charge in [0.1, 0.15) is 0 Å². The molecule has 4 atom stereocenters. The van der Waals surface area contributed by atoms with Crippen molar-refractivity contribution in [2.24, 2.45) is 23.7 Å². The number of para-hydroxylation sites is 1. The molecule has 1 N–H and O–H groups in total. The topological polar surface area (TPSA) is 69.2 Å². The lowest BCUT2D eigenvalue weighted by atomic mass is 9.82. The lowest BCUT2D eigenvalue weighted by Gasteiger charge is -2.28. The molecule has 0 aliphatic heterocycles. The van der Waals surface area contributed by atoms with Crippen molar-refractivity contribution >= 4 is 17.6 Å². The van der Waals surface area contributed by atoms with E-state index >= 15 is 0 Å². The molecular weight excluding hydrogens is 278 g/mol. The average molecular weight is 298 g/mol. The van der Waals surface area contributed by atoms with Crippen LogP contribution in [0.15, 0.2) is 36.4 Å². The second-order valence-corrected chi connectivity index (χ2v) is 6.55. The molecule has 0 radical (unpaired) electrons. The molecule has 22 heavy (non-hydrogen) atoms. The van der Waals surface area contributed by atoms with E-state index in [9.17, 15) is 14.7 Å². The summed E-state index contributed by atoms with van der Waals surface area (Å²) in [6.07, 6.45) is 4.63. The Morgan fingerprint density at radius 1 is 1.14 bits per heavy atom. The number of fused-ring (bicyclic) bond motifs is 2. The lowest BCUT2D eigenvalue weighted by molar-refractivity contribution is -0.313. The summed E-state index contributed by atoms with van der Waals surface area (Å²) in [4.78, 5) is 24.1. The highest BCUT2D eigenvalue weighted by Crippen LogP contribution is 2.48. The second-order valence-electron chi connectivity index (χ2n) is 6.55. The molecular formula is C18H20NO3-. The van der Waals surface area contributed by atoms with E-state index in [2.05, 4.69) is 19.2 Å². The first-order valence-electron chi connectivity index (χ1n) is 7.78. The van der Waals surface area contributed by atoms with Gasteiger partial charge in [0.05, 0.1) is 5.92 Å². The van der Waals surface area contributed by atoms with Gasteiger partial charge in [-0.15, -0.1) is 0 Å². The first-order valence-corrected chi connectivity index (χ1v) is 7.78. The molecule has 0 spiro atoms. The number of rotatable bonds is 4. The van der Waals surface area contributed by atoms with Gasteiger partial charge in [0.2, 0.25) is 5.91 Å². The smallest absolute Gasteiger partial charge is 0.228 e. The molecule has 1 aromatic carbocycles. The van der Waals surface area contributed by atoms with Gasteiger partial charge in [0.25, 0.3) is 0 Å². The van der Waals surface area contributed by atoms with Crippen LogP contribution in [-0.2, 0) is 9.59 Å². The van der Waals surface area contributed by atoms with Crippen molar-refractivity contribution in [1.82, 2.24) is 0 Å². The van der Waals surface area contributed by atoms with Gasteiger partial charge in [0.15, 0.2) is 0 Å². The van der Waals surface area contributed by atoms with Crippen LogP contribution in [0.4, 0.5) is 5.69 Å². The van der Waals surface area contributed by atoms with E-state index in [0.717, 1.165) is 17.7 Å². The largest absolute Gasteiger partial charge is 0.550 e. The zero-order chi connectivity index (χ0) is 15.9. The summed E-state index contributed by atoms with van der Waals surface area (Å²) in [6, 6.07) is 7.66. The van der Waals surface area contributed by atoms with Gasteiger partial charge in [-0.2, -0.15) is 0 Å². The van der Waals surface area contributed by atoms with E-state index in [4.69, 9.17) is 0 Å². The van der Waals surface area contributed by atoms with Crippen molar-refractivity contribution in [3.63, 3.8) is 0 Å². The van der Waals surface area contributed by atoms with Gasteiger partial charge in [-0.3, -0.25) is 4.79 Å². The third-order valence-electron chi connectivity index (χ3n) is 4.87. The fourth-order valence-corrected chi connectivity index (χ4v) is 3.83. The Kier molecular flexibility index (Phi) is 3.77. The van der Waals surface area contributed by atoms with E-state index in [1.165, 1.54) is 0 Å². The number of allylic oxidation sites excluding steroid dienone is 2. The summed E-state index contributed by atoms with van der Waals surface area (Å²) in [5.41, 5.74) is 1.82. The fourth-order valence-electron chi connectivity index (χ4n) is 3.83. The highest BCUT2D eigenvalue weighted by atomic mass is 16.4. The van der Waals surface area contributed by atoms with E-state index in [1.54, 1.807) is 0 Å². The number of hydrogen-bond acceptors (Lipinski definition) is 3. The SMILES string of the molecule is CC(C)c1ccccc1NC(=O)[C@H]1[C@H](C(=O)[O-])[C@H]2C=C[C@H]1C2. The average Bonchev–Trinajstić information content (AvgIpc) is 3.08. The quantitative estimate of drug-likeness (QED) is 0.864. The number of benzene rings is 1. The van der Waals surface area contributed by atoms with Crippen molar-refractivity contribution in [2.75, 3.05) is 5.32 Å². The van der Waals surface area contributed by atoms with Crippen LogP contribution < -0.4 is 10.4 Å². The summed E-state index contributed by atoms with van der Waals surface area (Å²) in [6.45, 7) is 4.13. The number of carboxylic acids is 1. The second kappa shape index (κ2) is 5.59. The molecule has 1 amide bonds. The monoisotopic (exact) mass is 298 g/mol. The molecule has 0 unspecified atom stereocenters. The van der Waals surface area contributed by atoms with Crippen molar-refractivity contribution in [1.29, 1.82) is 0 Å². The third kappa shape index (κ3) is 2.43. The fraction of sp³-hybridized carbons (Fsp3) is 0.444. The minimum atomic E-state index is -1.12. The Labute approximate surface area is 130 Å². The Hall–Kier alpha value is -2.10. The molecule has 1 fully saturated rings. The van der Waals surface area contributed by atoms with Crippen LogP contribution in [0.1, 0.15) is 31.7 Å². The maximum Gasteiger partial charge on any atom is 0.228 e. The number of nitrogens with one attached hydrogen (secondary N) is 1. The Balaban J connectivity index is 1.83. The first kappa shape index (κ1) is 14.8. The molecule has 0 heterocycles. The van der Waals surface area contributed by atoms with Gasteiger partial charge in [-0.25, -0.2) is 0 Å². The van der Waals surface area contributed by atoms with Crippen molar-refractivity contribution in [3.05, 3.63) is 42.0 Å². The zero-order valence-electron chi connectivity index (χ0n) is 12.8. The molecule has 4 nitrogen and oxygen atoms in total. The van der Waals surface area contributed by atoms with Crippen LogP contribution in [0.25, 0.3) is 0 Å². The number of anilines is 1. The summed E-state index contributed by atoms with van der Waals surface area (Å²) < 4.78 is 0. The molecule has 116 valence electrons. The van der Waals surface area contributed by atoms with Crippen LogP contribution in [0, 0.1) is 23.7 Å². The predicted molar refractivity (Wildman–Crippen MR) is 81.9 cm³/mol. The number of carboxylic acid groups (broad SMARTS) is 1. The van der Waals surface area contributed by atoms with Gasteiger partial charge in [-0.1, -0.05) is 44.2 Å². The summed E-state index contributed by atoms with van der Waals surface area (Å²) in [5.74, 6) is -2.33. The molecule has 0 aromatic heterocycles. The third-order valence-corrected chi connectivity index (χ3v) is 4.87. The molecule has 1 saturated carbocycles. The summed E-state index contributed by atoms with van der Waals surface area (Å²) in [5, 5.41) is 14.3. The molecule has 3 rings (SSSR count). The van der Waals surface area contributed by atoms with E-state index < -0.39 is 17.8 Å². The highest BCUT2D eigenvalue weighted by Gasteiger charge is 2.48. The maximum atomic E-state index is 12.7. The molecule has 1 aromatic rings. The lowest BCUT2D eigenvalue weighted by Crippen LogP contribution is -2.43. The standard InChI is InChI=1S/C18H21NO3/c1-10(2)13-5-3-4-6-14(13)19-17(20)15-11-7-8-12(9-11)16(15)18(21)22/h3-8,10-12,15-16H,9H2,1-2H3,(H,19,20)(H,21,22)/p-1/t11-,12-,15+,16+/m0/s1. The molecule has 0 saturated heterocycles. The van der Waals surface area contributed by atoms with Gasteiger partial charge < -0.3 is 15.2 Å². The van der Waals surface area contributed by atoms with Crippen LogP contribution in [0.3, 0.4) is 0 Å². The van der Waals surface area contributed by atoms with Crippen molar-refractivity contribution in [3.8, 4) is 0 Å². The zero-order valence-corrected chi connectivity index (χ0v) is 12.8.